The van der Waals surface area contributed by atoms with Gasteiger partial charge in [0.1, 0.15) is 5.78 Å². The number of unbranched alkanes of at least 4 members (excludes halogenated alkanes) is 1. The summed E-state index contributed by atoms with van der Waals surface area (Å²) in [6.07, 6.45) is 4.72. The number of carbonyl (C=O) groups is 2. The molecule has 16 heavy (non-hydrogen) atoms. The maximum absolute atomic E-state index is 11.5. The van der Waals surface area contributed by atoms with E-state index >= 15 is 0 Å². The van der Waals surface area contributed by atoms with Crippen LogP contribution in [-0.4, -0.2) is 28.1 Å². The monoisotopic (exact) mass is 228 g/mol. The second-order valence-corrected chi connectivity index (χ2v) is 4.53. The second kappa shape index (κ2) is 6.63. The Morgan fingerprint density at radius 3 is 2.75 bits per heavy atom. The van der Waals surface area contributed by atoms with Crippen molar-refractivity contribution in [1.82, 2.24) is 0 Å². The van der Waals surface area contributed by atoms with Crippen LogP contribution >= 0.6 is 0 Å². The Morgan fingerprint density at radius 1 is 1.38 bits per heavy atom. The minimum absolute atomic E-state index is 0.144. The zero-order chi connectivity index (χ0) is 12.0. The number of hydrogen-bond acceptors (Lipinski definition) is 3. The number of rotatable bonds is 6. The molecule has 0 amide bonds. The lowest BCUT2D eigenvalue weighted by Crippen LogP contribution is -2.30. The summed E-state index contributed by atoms with van der Waals surface area (Å²) in [7, 11) is 0. The quantitative estimate of drug-likeness (QED) is 0.679. The lowest BCUT2D eigenvalue weighted by Gasteiger charge is -2.25. The molecule has 0 aromatic heterocycles. The van der Waals surface area contributed by atoms with E-state index in [2.05, 4.69) is 0 Å². The number of ketones is 1. The summed E-state index contributed by atoms with van der Waals surface area (Å²) >= 11 is 0. The van der Waals surface area contributed by atoms with Crippen molar-refractivity contribution in [2.75, 3.05) is 0 Å². The van der Waals surface area contributed by atoms with Gasteiger partial charge in [-0.25, -0.2) is 0 Å². The van der Waals surface area contributed by atoms with Gasteiger partial charge in [-0.1, -0.05) is 12.8 Å². The lowest BCUT2D eigenvalue weighted by atomic mass is 9.82. The predicted molar refractivity (Wildman–Crippen MR) is 59.1 cm³/mol. The standard InChI is InChI=1S/C12H20O4/c13-10-6-2-1-5-9(10)11(14)7-3-4-8-12(15)16/h9,11,14H,1-8H2,(H,15,16). The Labute approximate surface area is 95.7 Å². The summed E-state index contributed by atoms with van der Waals surface area (Å²) in [5, 5.41) is 18.3. The van der Waals surface area contributed by atoms with Gasteiger partial charge in [0, 0.05) is 18.8 Å². The van der Waals surface area contributed by atoms with Crippen LogP contribution in [0.5, 0.6) is 0 Å². The molecule has 0 saturated heterocycles. The van der Waals surface area contributed by atoms with E-state index in [1.807, 2.05) is 0 Å². The number of carboxylic acids is 1. The van der Waals surface area contributed by atoms with Crippen molar-refractivity contribution in [3.8, 4) is 0 Å². The van der Waals surface area contributed by atoms with Crippen LogP contribution in [0.15, 0.2) is 0 Å². The van der Waals surface area contributed by atoms with Crippen molar-refractivity contribution < 1.29 is 19.8 Å². The van der Waals surface area contributed by atoms with Crippen molar-refractivity contribution in [3.05, 3.63) is 0 Å². The van der Waals surface area contributed by atoms with Crippen LogP contribution in [-0.2, 0) is 9.59 Å². The first-order chi connectivity index (χ1) is 7.61. The van der Waals surface area contributed by atoms with Crippen LogP contribution in [0.3, 0.4) is 0 Å². The Bertz CT molecular complexity index is 249. The Balaban J connectivity index is 2.20. The van der Waals surface area contributed by atoms with Crippen molar-refractivity contribution >= 4 is 11.8 Å². The topological polar surface area (TPSA) is 74.6 Å². The van der Waals surface area contributed by atoms with Gasteiger partial charge < -0.3 is 10.2 Å². The fraction of sp³-hybridized carbons (Fsp3) is 0.833. The maximum Gasteiger partial charge on any atom is 0.303 e. The zero-order valence-electron chi connectivity index (χ0n) is 9.52. The number of hydrogen-bond donors (Lipinski definition) is 2. The largest absolute Gasteiger partial charge is 0.481 e. The Morgan fingerprint density at radius 2 is 2.12 bits per heavy atom. The molecule has 1 fully saturated rings. The van der Waals surface area contributed by atoms with Gasteiger partial charge in [0.05, 0.1) is 6.10 Å². The fourth-order valence-electron chi connectivity index (χ4n) is 2.25. The van der Waals surface area contributed by atoms with Gasteiger partial charge in [-0.15, -0.1) is 0 Å². The second-order valence-electron chi connectivity index (χ2n) is 4.53. The summed E-state index contributed by atoms with van der Waals surface area (Å²) in [5.41, 5.74) is 0. The molecule has 4 heteroatoms. The fourth-order valence-corrected chi connectivity index (χ4v) is 2.25. The highest BCUT2D eigenvalue weighted by molar-refractivity contribution is 5.82. The molecule has 0 spiro atoms. The SMILES string of the molecule is O=C(O)CCCCC(O)C1CCCCC1=O. The molecule has 0 aromatic rings. The minimum Gasteiger partial charge on any atom is -0.481 e. The van der Waals surface area contributed by atoms with E-state index in [0.29, 0.717) is 25.7 Å². The maximum atomic E-state index is 11.5. The predicted octanol–water partition coefficient (Wildman–Crippen LogP) is 1.75. The highest BCUT2D eigenvalue weighted by Crippen LogP contribution is 2.25. The molecule has 1 rings (SSSR count). The van der Waals surface area contributed by atoms with E-state index in [4.69, 9.17) is 5.11 Å². The molecule has 4 nitrogen and oxygen atoms in total. The van der Waals surface area contributed by atoms with E-state index in [1.165, 1.54) is 0 Å². The molecule has 2 unspecified atom stereocenters. The molecule has 2 N–H and O–H groups in total. The molecule has 1 aliphatic carbocycles. The van der Waals surface area contributed by atoms with Gasteiger partial charge in [0.2, 0.25) is 0 Å². The van der Waals surface area contributed by atoms with Crippen molar-refractivity contribution in [2.24, 2.45) is 5.92 Å². The molecule has 0 radical (unpaired) electrons. The molecule has 1 saturated carbocycles. The Kier molecular flexibility index (Phi) is 5.46. The highest BCUT2D eigenvalue weighted by atomic mass is 16.4. The molecular formula is C12H20O4. The molecular weight excluding hydrogens is 208 g/mol. The molecule has 2 atom stereocenters. The van der Waals surface area contributed by atoms with Crippen LogP contribution in [0.2, 0.25) is 0 Å². The number of carboxylic acid groups (broad SMARTS) is 1. The van der Waals surface area contributed by atoms with Crippen LogP contribution in [0.25, 0.3) is 0 Å². The highest BCUT2D eigenvalue weighted by Gasteiger charge is 2.28. The number of aliphatic carboxylic acids is 1. The van der Waals surface area contributed by atoms with Gasteiger partial charge >= 0.3 is 5.97 Å². The average molecular weight is 228 g/mol. The molecule has 0 bridgehead atoms. The van der Waals surface area contributed by atoms with E-state index in [0.717, 1.165) is 19.3 Å². The zero-order valence-corrected chi connectivity index (χ0v) is 9.52. The van der Waals surface area contributed by atoms with Crippen molar-refractivity contribution in [1.29, 1.82) is 0 Å². The number of aliphatic hydroxyl groups is 1. The lowest BCUT2D eigenvalue weighted by molar-refractivity contribution is -0.137. The molecule has 0 aromatic carbocycles. The van der Waals surface area contributed by atoms with E-state index in [9.17, 15) is 14.7 Å². The normalized spacial score (nSPS) is 23.1. The van der Waals surface area contributed by atoms with Crippen molar-refractivity contribution in [2.45, 2.75) is 57.5 Å². The number of aliphatic hydroxyl groups excluding tert-OH is 1. The van der Waals surface area contributed by atoms with E-state index < -0.39 is 12.1 Å². The van der Waals surface area contributed by atoms with E-state index in [-0.39, 0.29) is 18.1 Å². The number of Topliss-reactive ketones (excluding diaryl/α,β-unsaturated/α-hetero) is 1. The smallest absolute Gasteiger partial charge is 0.303 e. The summed E-state index contributed by atoms with van der Waals surface area (Å²) < 4.78 is 0. The average Bonchev–Trinajstić information content (AvgIpc) is 2.24. The summed E-state index contributed by atoms with van der Waals surface area (Å²) in [6.45, 7) is 0. The molecule has 92 valence electrons. The van der Waals surface area contributed by atoms with Crippen LogP contribution in [0, 0.1) is 5.92 Å². The van der Waals surface area contributed by atoms with Gasteiger partial charge in [0.25, 0.3) is 0 Å². The van der Waals surface area contributed by atoms with Crippen molar-refractivity contribution in [3.63, 3.8) is 0 Å². The van der Waals surface area contributed by atoms with Crippen LogP contribution < -0.4 is 0 Å². The van der Waals surface area contributed by atoms with Gasteiger partial charge in [0.15, 0.2) is 0 Å². The van der Waals surface area contributed by atoms with Gasteiger partial charge in [-0.05, 0) is 25.7 Å². The number of carbonyl (C=O) groups excluding carboxylic acids is 1. The van der Waals surface area contributed by atoms with E-state index in [1.54, 1.807) is 0 Å². The molecule has 0 heterocycles. The Hall–Kier alpha value is -0.900. The summed E-state index contributed by atoms with van der Waals surface area (Å²) in [5.74, 6) is -0.821. The van der Waals surface area contributed by atoms with Gasteiger partial charge in [-0.2, -0.15) is 0 Å². The van der Waals surface area contributed by atoms with Crippen LogP contribution in [0.4, 0.5) is 0 Å². The molecule has 0 aliphatic heterocycles. The summed E-state index contributed by atoms with van der Waals surface area (Å²) in [6, 6.07) is 0. The third-order valence-corrected chi connectivity index (χ3v) is 3.21. The molecule has 1 aliphatic rings. The van der Waals surface area contributed by atoms with Gasteiger partial charge in [-0.3, -0.25) is 9.59 Å². The first kappa shape index (κ1) is 13.2. The summed E-state index contributed by atoms with van der Waals surface area (Å²) in [4.78, 5) is 21.8. The third kappa shape index (κ3) is 4.31. The third-order valence-electron chi connectivity index (χ3n) is 3.21. The minimum atomic E-state index is -0.803. The van der Waals surface area contributed by atoms with Crippen LogP contribution in [0.1, 0.15) is 51.4 Å². The first-order valence-electron chi connectivity index (χ1n) is 6.04. The first-order valence-corrected chi connectivity index (χ1v) is 6.04.